The van der Waals surface area contributed by atoms with E-state index in [2.05, 4.69) is 21.9 Å². The molecular formula is C26H24ClF4N5O4S. The molecule has 0 unspecified atom stereocenters. The van der Waals surface area contributed by atoms with E-state index in [1.807, 2.05) is 9.29 Å². The number of fused-ring (bicyclic) bond motifs is 1. The summed E-state index contributed by atoms with van der Waals surface area (Å²) in [7, 11) is -4.48. The van der Waals surface area contributed by atoms with Gasteiger partial charge >= 0.3 is 6.18 Å². The molecule has 0 saturated heterocycles. The van der Waals surface area contributed by atoms with Crippen LogP contribution in [0.25, 0.3) is 16.9 Å². The van der Waals surface area contributed by atoms with Crippen molar-refractivity contribution < 1.29 is 35.5 Å². The normalized spacial score (nSPS) is 12.0. The molecule has 0 aliphatic heterocycles. The fraction of sp³-hybridized carbons (Fsp3) is 0.231. The number of nitrogens with one attached hydrogen (secondary N) is 2. The summed E-state index contributed by atoms with van der Waals surface area (Å²) >= 11 is 6.44. The third-order valence-corrected chi connectivity index (χ3v) is 7.17. The smallest absolute Gasteiger partial charge is 0.404 e. The largest absolute Gasteiger partial charge is 0.456 e. The first-order valence-electron chi connectivity index (χ1n) is 12.0. The Labute approximate surface area is 237 Å². The zero-order valence-corrected chi connectivity index (χ0v) is 22.9. The van der Waals surface area contributed by atoms with Crippen LogP contribution in [0, 0.1) is 0 Å². The standard InChI is InChI=1S/C26H24ClF4N5O4S/c1-17(28)18-3-2-4-20(13-18)40-23-6-5-19(14-21(23)27)35-25-24-22(32-16-33-25)7-9-36(24)10-12-39-11-8-34-41(37,38)15-26(29,30)31/h2-7,9,13-14,16,34H,1,8,10-12,15H2,(H,32,33,35). The summed E-state index contributed by atoms with van der Waals surface area (Å²) in [6, 6.07) is 13.2. The van der Waals surface area contributed by atoms with E-state index >= 15 is 0 Å². The lowest BCUT2D eigenvalue weighted by atomic mass is 10.2. The van der Waals surface area contributed by atoms with Crippen LogP contribution in [0.1, 0.15) is 5.56 Å². The molecule has 41 heavy (non-hydrogen) atoms. The Bertz CT molecular complexity index is 1650. The number of rotatable bonds is 13. The van der Waals surface area contributed by atoms with Crippen LogP contribution in [0.5, 0.6) is 11.5 Å². The van der Waals surface area contributed by atoms with E-state index in [1.54, 1.807) is 48.7 Å². The average molecular weight is 614 g/mol. The van der Waals surface area contributed by atoms with Gasteiger partial charge in [0.2, 0.25) is 10.0 Å². The molecular weight excluding hydrogens is 590 g/mol. The van der Waals surface area contributed by atoms with Crippen molar-refractivity contribution in [1.29, 1.82) is 0 Å². The molecule has 218 valence electrons. The summed E-state index contributed by atoms with van der Waals surface area (Å²) in [5, 5.41) is 3.48. The molecule has 0 saturated carbocycles. The highest BCUT2D eigenvalue weighted by atomic mass is 35.5. The van der Waals surface area contributed by atoms with Gasteiger partial charge in [-0.1, -0.05) is 30.3 Å². The molecule has 0 atom stereocenters. The summed E-state index contributed by atoms with van der Waals surface area (Å²) < 4.78 is 88.0. The zero-order chi connectivity index (χ0) is 29.6. The quantitative estimate of drug-likeness (QED) is 0.139. The van der Waals surface area contributed by atoms with E-state index in [0.29, 0.717) is 51.2 Å². The molecule has 2 aromatic heterocycles. The van der Waals surface area contributed by atoms with E-state index in [0.717, 1.165) is 0 Å². The second-order valence-electron chi connectivity index (χ2n) is 8.65. The lowest BCUT2D eigenvalue weighted by Crippen LogP contribution is -2.35. The number of sulfonamides is 1. The molecule has 4 rings (SSSR count). The number of alkyl halides is 3. The fourth-order valence-electron chi connectivity index (χ4n) is 3.76. The number of hydrogen-bond donors (Lipinski definition) is 2. The van der Waals surface area contributed by atoms with Crippen molar-refractivity contribution in [2.75, 3.05) is 30.8 Å². The van der Waals surface area contributed by atoms with Crippen LogP contribution in [0.2, 0.25) is 5.02 Å². The number of benzene rings is 2. The van der Waals surface area contributed by atoms with Gasteiger partial charge in [0.25, 0.3) is 0 Å². The summed E-state index contributed by atoms with van der Waals surface area (Å²) in [6.45, 7) is 3.35. The SMILES string of the molecule is C=C(F)c1cccc(Oc2ccc(Nc3ncnc4ccn(CCOCCNS(=O)(=O)CC(F)(F)F)c34)cc2Cl)c1. The van der Waals surface area contributed by atoms with Gasteiger partial charge in [0.1, 0.15) is 29.2 Å². The van der Waals surface area contributed by atoms with Crippen molar-refractivity contribution in [3.8, 4) is 11.5 Å². The maximum atomic E-state index is 13.5. The van der Waals surface area contributed by atoms with Crippen LogP contribution in [-0.4, -0.2) is 54.6 Å². The Morgan fingerprint density at radius 2 is 1.90 bits per heavy atom. The van der Waals surface area contributed by atoms with Crippen LogP contribution in [-0.2, 0) is 21.3 Å². The van der Waals surface area contributed by atoms with Gasteiger partial charge in [0.05, 0.1) is 23.8 Å². The molecule has 4 aromatic rings. The summed E-state index contributed by atoms with van der Waals surface area (Å²) in [5.41, 5.74) is 2.19. The van der Waals surface area contributed by atoms with E-state index in [1.165, 1.54) is 12.4 Å². The second-order valence-corrected chi connectivity index (χ2v) is 10.9. The topological polar surface area (TPSA) is 107 Å². The third kappa shape index (κ3) is 8.63. The van der Waals surface area contributed by atoms with E-state index in [4.69, 9.17) is 21.1 Å². The molecule has 2 N–H and O–H groups in total. The summed E-state index contributed by atoms with van der Waals surface area (Å²) in [5.74, 6) is -1.32. The van der Waals surface area contributed by atoms with E-state index in [-0.39, 0.29) is 19.8 Å². The van der Waals surface area contributed by atoms with E-state index in [9.17, 15) is 26.0 Å². The van der Waals surface area contributed by atoms with Gasteiger partial charge in [-0.2, -0.15) is 13.2 Å². The van der Waals surface area contributed by atoms with E-state index < -0.39 is 27.8 Å². The Hall–Kier alpha value is -3.72. The molecule has 0 aliphatic carbocycles. The predicted molar refractivity (Wildman–Crippen MR) is 148 cm³/mol. The highest BCUT2D eigenvalue weighted by Gasteiger charge is 2.34. The molecule has 2 aromatic carbocycles. The monoisotopic (exact) mass is 613 g/mol. The maximum Gasteiger partial charge on any atom is 0.404 e. The minimum absolute atomic E-state index is 0.113. The van der Waals surface area contributed by atoms with Crippen LogP contribution in [0.15, 0.2) is 67.6 Å². The summed E-state index contributed by atoms with van der Waals surface area (Å²) in [6.07, 6.45) is -1.66. The summed E-state index contributed by atoms with van der Waals surface area (Å²) in [4.78, 5) is 8.58. The van der Waals surface area contributed by atoms with Crippen LogP contribution >= 0.6 is 11.6 Å². The molecule has 0 spiro atoms. The molecule has 0 bridgehead atoms. The highest BCUT2D eigenvalue weighted by Crippen LogP contribution is 2.34. The lowest BCUT2D eigenvalue weighted by Gasteiger charge is -2.13. The Balaban J connectivity index is 1.37. The van der Waals surface area contributed by atoms with Crippen molar-refractivity contribution in [3.63, 3.8) is 0 Å². The molecule has 2 heterocycles. The fourth-order valence-corrected chi connectivity index (χ4v) is 4.91. The number of hydrogen-bond acceptors (Lipinski definition) is 7. The zero-order valence-electron chi connectivity index (χ0n) is 21.3. The van der Waals surface area contributed by atoms with Crippen molar-refractivity contribution in [1.82, 2.24) is 19.3 Å². The van der Waals surface area contributed by atoms with Gasteiger partial charge in [0, 0.05) is 30.5 Å². The van der Waals surface area contributed by atoms with Crippen molar-refractivity contribution in [3.05, 3.63) is 78.2 Å². The first kappa shape index (κ1) is 30.2. The average Bonchev–Trinajstić information content (AvgIpc) is 3.30. The third-order valence-electron chi connectivity index (χ3n) is 5.52. The van der Waals surface area contributed by atoms with Gasteiger partial charge in [-0.15, -0.1) is 0 Å². The van der Waals surface area contributed by atoms with Gasteiger partial charge in [-0.3, -0.25) is 0 Å². The van der Waals surface area contributed by atoms with Gasteiger partial charge in [-0.25, -0.2) is 27.5 Å². The first-order chi connectivity index (χ1) is 19.4. The molecule has 0 radical (unpaired) electrons. The minimum atomic E-state index is -4.82. The second kappa shape index (κ2) is 12.9. The van der Waals surface area contributed by atoms with Crippen LogP contribution in [0.4, 0.5) is 29.1 Å². The predicted octanol–water partition coefficient (Wildman–Crippen LogP) is 6.06. The van der Waals surface area contributed by atoms with Crippen LogP contribution in [0.3, 0.4) is 0 Å². The van der Waals surface area contributed by atoms with Crippen molar-refractivity contribution >= 4 is 50.0 Å². The van der Waals surface area contributed by atoms with Crippen molar-refractivity contribution in [2.45, 2.75) is 12.7 Å². The number of ether oxygens (including phenoxy) is 2. The highest BCUT2D eigenvalue weighted by molar-refractivity contribution is 7.89. The lowest BCUT2D eigenvalue weighted by molar-refractivity contribution is -0.106. The van der Waals surface area contributed by atoms with Crippen LogP contribution < -0.4 is 14.8 Å². The number of nitrogens with zero attached hydrogens (tertiary/aromatic N) is 3. The first-order valence-corrected chi connectivity index (χ1v) is 14.0. The number of aromatic nitrogens is 3. The molecule has 15 heteroatoms. The Morgan fingerprint density at radius 1 is 1.10 bits per heavy atom. The minimum Gasteiger partial charge on any atom is -0.456 e. The van der Waals surface area contributed by atoms with Gasteiger partial charge < -0.3 is 19.4 Å². The molecule has 0 amide bonds. The number of anilines is 2. The number of halogens is 5. The van der Waals surface area contributed by atoms with Gasteiger partial charge in [-0.05, 0) is 36.4 Å². The Kier molecular flexibility index (Phi) is 9.48. The van der Waals surface area contributed by atoms with Gasteiger partial charge in [0.15, 0.2) is 11.6 Å². The molecule has 0 fully saturated rings. The Morgan fingerprint density at radius 3 is 2.63 bits per heavy atom. The molecule has 9 nitrogen and oxygen atoms in total. The van der Waals surface area contributed by atoms with Crippen molar-refractivity contribution in [2.24, 2.45) is 0 Å². The molecule has 0 aliphatic rings. The maximum absolute atomic E-state index is 13.5.